The van der Waals surface area contributed by atoms with E-state index >= 15 is 0 Å². The van der Waals surface area contributed by atoms with E-state index in [0.717, 1.165) is 23.5 Å². The van der Waals surface area contributed by atoms with Gasteiger partial charge in [-0.2, -0.15) is 0 Å². The van der Waals surface area contributed by atoms with Crippen molar-refractivity contribution in [2.75, 3.05) is 14.7 Å². The molecule has 0 amide bonds. The number of aryl methyl sites for hydroxylation is 2. The number of hydrogen-bond donors (Lipinski definition) is 0. The lowest BCUT2D eigenvalue weighted by molar-refractivity contribution is 0.332. The molecular formula is C79H88BN3. The molecule has 3 heterocycles. The standard InChI is InChI=1S/C79H88BN3/c1-46-38-57-59(76(14,15)37-36-75(57,12)13)43-64(46)82-66-44-60-58(77(16,17)45-78(60,18)19)42-62(66)80-61-35-33-53(81(51-29-24-48(25-30-51)72(3,4)5)52-31-26-49(27-32-52)73(6,7)8)41-65(61)83-63-23-21-22-55-54-34-28-50(74(9,10)11)40-56(54)79(20,69(55)63)68-47(2)39-67(82)70(80)71(68)83/h21-35,38-44H,36-37,45H2,1-20H3. The van der Waals surface area contributed by atoms with Crippen LogP contribution in [0.25, 0.3) is 11.1 Å². The molecule has 0 spiro atoms. The van der Waals surface area contributed by atoms with E-state index in [2.05, 4.69) is 287 Å². The van der Waals surface area contributed by atoms with Gasteiger partial charge in [0.2, 0.25) is 0 Å². The minimum absolute atomic E-state index is 0.00310. The number of rotatable bonds is 4. The third-order valence-electron chi connectivity index (χ3n) is 21.5. The van der Waals surface area contributed by atoms with Crippen LogP contribution in [0.1, 0.15) is 211 Å². The van der Waals surface area contributed by atoms with Crippen LogP contribution in [-0.4, -0.2) is 6.71 Å². The van der Waals surface area contributed by atoms with Crippen molar-refractivity contribution >= 4 is 74.3 Å². The summed E-state index contributed by atoms with van der Waals surface area (Å²) in [6, 6.07) is 54.3. The number of hydrogen-bond acceptors (Lipinski definition) is 3. The van der Waals surface area contributed by atoms with Crippen LogP contribution in [-0.2, 0) is 43.3 Å². The Balaban J connectivity index is 1.11. The van der Waals surface area contributed by atoms with Gasteiger partial charge in [-0.05, 0) is 233 Å². The lowest BCUT2D eigenvalue weighted by atomic mass is 9.32. The zero-order valence-corrected chi connectivity index (χ0v) is 53.7. The Morgan fingerprint density at radius 3 is 1.51 bits per heavy atom. The van der Waals surface area contributed by atoms with Gasteiger partial charge in [0, 0.05) is 50.9 Å². The van der Waals surface area contributed by atoms with Crippen LogP contribution < -0.4 is 31.1 Å². The molecule has 0 saturated carbocycles. The van der Waals surface area contributed by atoms with Crippen LogP contribution in [0.3, 0.4) is 0 Å². The van der Waals surface area contributed by atoms with E-state index in [1.165, 1.54) is 141 Å². The van der Waals surface area contributed by atoms with Crippen LogP contribution in [0, 0.1) is 13.8 Å². The molecule has 8 aromatic rings. The van der Waals surface area contributed by atoms with Gasteiger partial charge in [0.25, 0.3) is 6.71 Å². The second kappa shape index (κ2) is 17.0. The Hall–Kier alpha value is -6.78. The molecule has 0 aromatic heterocycles. The third-order valence-corrected chi connectivity index (χ3v) is 21.5. The molecule has 0 N–H and O–H groups in total. The molecule has 3 aliphatic carbocycles. The van der Waals surface area contributed by atoms with Gasteiger partial charge >= 0.3 is 0 Å². The summed E-state index contributed by atoms with van der Waals surface area (Å²) in [7, 11) is 0. The Kier molecular flexibility index (Phi) is 11.1. The smallest absolute Gasteiger partial charge is 0.252 e. The van der Waals surface area contributed by atoms with Crippen molar-refractivity contribution in [1.82, 2.24) is 0 Å². The molecule has 6 aliphatic rings. The SMILES string of the molecule is Cc1cc2c(cc1N1c3cc4c(cc3B3c5ccc(N(c6ccc(C(C)(C)C)cc6)c6ccc(C(C)(C)C)cc6)cc5N5c6cccc7c6C(C)(c6cc(C(C)(C)C)ccc6-7)c6c(C)cc1c3c65)C(C)(C)CC4(C)C)C(C)(C)CCC2(C)C. The topological polar surface area (TPSA) is 9.72 Å². The minimum Gasteiger partial charge on any atom is -0.311 e. The van der Waals surface area contributed by atoms with E-state index in [-0.39, 0.29) is 44.6 Å². The number of nitrogens with zero attached hydrogens (tertiary/aromatic N) is 3. The molecule has 3 nitrogen and oxygen atoms in total. The maximum Gasteiger partial charge on any atom is 0.252 e. The highest BCUT2D eigenvalue weighted by Gasteiger charge is 2.56. The Morgan fingerprint density at radius 2 is 0.916 bits per heavy atom. The van der Waals surface area contributed by atoms with Crippen molar-refractivity contribution in [3.8, 4) is 11.1 Å². The molecule has 0 radical (unpaired) electrons. The largest absolute Gasteiger partial charge is 0.311 e. The van der Waals surface area contributed by atoms with E-state index in [1.807, 2.05) is 0 Å². The van der Waals surface area contributed by atoms with Gasteiger partial charge in [-0.3, -0.25) is 0 Å². The van der Waals surface area contributed by atoms with Gasteiger partial charge in [0.15, 0.2) is 0 Å². The maximum absolute atomic E-state index is 2.78. The van der Waals surface area contributed by atoms with E-state index in [0.29, 0.717) is 0 Å². The average Bonchev–Trinajstić information content (AvgIpc) is 1.78. The second-order valence-corrected chi connectivity index (χ2v) is 32.3. The van der Waals surface area contributed by atoms with E-state index in [1.54, 1.807) is 0 Å². The summed E-state index contributed by atoms with van der Waals surface area (Å²) in [4.78, 5) is 8.06. The van der Waals surface area contributed by atoms with Gasteiger partial charge in [-0.15, -0.1) is 0 Å². The van der Waals surface area contributed by atoms with Gasteiger partial charge < -0.3 is 14.7 Å². The molecule has 0 bridgehead atoms. The molecule has 8 aromatic carbocycles. The molecule has 1 atom stereocenters. The predicted molar refractivity (Wildman–Crippen MR) is 358 cm³/mol. The quantitative estimate of drug-likeness (QED) is 0.163. The van der Waals surface area contributed by atoms with Crippen LogP contribution in [0.15, 0.2) is 133 Å². The van der Waals surface area contributed by atoms with Crippen LogP contribution in [0.2, 0.25) is 0 Å². The maximum atomic E-state index is 2.78. The highest BCUT2D eigenvalue weighted by atomic mass is 15.2. The highest BCUT2D eigenvalue weighted by Crippen LogP contribution is 2.65. The van der Waals surface area contributed by atoms with E-state index < -0.39 is 5.41 Å². The zero-order valence-electron chi connectivity index (χ0n) is 53.7. The molecule has 0 fully saturated rings. The number of benzene rings is 8. The first-order chi connectivity index (χ1) is 38.7. The van der Waals surface area contributed by atoms with E-state index in [9.17, 15) is 0 Å². The fourth-order valence-corrected chi connectivity index (χ4v) is 17.1. The summed E-state index contributed by atoms with van der Waals surface area (Å²) < 4.78 is 0. The molecule has 422 valence electrons. The fraction of sp³-hybridized carbons (Fsp3) is 0.392. The van der Waals surface area contributed by atoms with Gasteiger partial charge in [0.05, 0.1) is 5.69 Å². The van der Waals surface area contributed by atoms with Crippen molar-refractivity contribution in [2.24, 2.45) is 0 Å². The summed E-state index contributed by atoms with van der Waals surface area (Å²) in [6.45, 7) is 48.3. The first kappa shape index (κ1) is 54.2. The average molecular weight is 1090 g/mol. The van der Waals surface area contributed by atoms with Gasteiger partial charge in [0.1, 0.15) is 0 Å². The Labute approximate surface area is 498 Å². The fourth-order valence-electron chi connectivity index (χ4n) is 17.1. The lowest BCUT2D eigenvalue weighted by Crippen LogP contribution is -2.63. The number of fused-ring (bicyclic) bond motifs is 12. The summed E-state index contributed by atoms with van der Waals surface area (Å²) >= 11 is 0. The monoisotopic (exact) mass is 1090 g/mol. The molecule has 14 rings (SSSR count). The molecule has 3 aliphatic heterocycles. The first-order valence-corrected chi connectivity index (χ1v) is 31.3. The second-order valence-electron chi connectivity index (χ2n) is 32.3. The van der Waals surface area contributed by atoms with Gasteiger partial charge in [-0.1, -0.05) is 190 Å². The van der Waals surface area contributed by atoms with Crippen LogP contribution >= 0.6 is 0 Å². The van der Waals surface area contributed by atoms with Crippen molar-refractivity contribution in [1.29, 1.82) is 0 Å². The highest BCUT2D eigenvalue weighted by molar-refractivity contribution is 7.00. The Morgan fingerprint density at radius 1 is 0.398 bits per heavy atom. The summed E-state index contributed by atoms with van der Waals surface area (Å²) in [5.74, 6) is 0. The zero-order chi connectivity index (χ0) is 59.0. The summed E-state index contributed by atoms with van der Waals surface area (Å²) in [6.07, 6.45) is 3.47. The normalized spacial score (nSPS) is 19.5. The molecular weight excluding hydrogens is 1000 g/mol. The first-order valence-electron chi connectivity index (χ1n) is 31.3. The van der Waals surface area contributed by atoms with Crippen molar-refractivity contribution < 1.29 is 0 Å². The van der Waals surface area contributed by atoms with Crippen LogP contribution in [0.5, 0.6) is 0 Å². The van der Waals surface area contributed by atoms with E-state index in [4.69, 9.17) is 0 Å². The third kappa shape index (κ3) is 7.61. The van der Waals surface area contributed by atoms with Crippen molar-refractivity contribution in [2.45, 2.75) is 201 Å². The van der Waals surface area contributed by atoms with Crippen LogP contribution in [0.4, 0.5) is 51.2 Å². The summed E-state index contributed by atoms with van der Waals surface area (Å²) in [5, 5.41) is 0. The predicted octanol–water partition coefficient (Wildman–Crippen LogP) is 19.7. The van der Waals surface area contributed by atoms with Crippen molar-refractivity contribution in [3.63, 3.8) is 0 Å². The molecule has 83 heavy (non-hydrogen) atoms. The molecule has 0 saturated heterocycles. The minimum atomic E-state index is -0.421. The lowest BCUT2D eigenvalue weighted by Gasteiger charge is -2.51. The summed E-state index contributed by atoms with van der Waals surface area (Å²) in [5.41, 5.74) is 35.0. The Bertz CT molecular complexity index is 4050. The van der Waals surface area contributed by atoms with Gasteiger partial charge in [-0.25, -0.2) is 0 Å². The number of anilines is 9. The molecule has 1 unspecified atom stereocenters. The van der Waals surface area contributed by atoms with Crippen molar-refractivity contribution in [3.05, 3.63) is 200 Å². The molecule has 4 heteroatoms.